The number of carbonyl (C=O) groups excluding carboxylic acids is 1. The van der Waals surface area contributed by atoms with Crippen LogP contribution in [0, 0.1) is 0 Å². The molecule has 0 bridgehead atoms. The maximum absolute atomic E-state index is 12.0. The number of rotatable bonds is 3. The number of nitrogens with one attached hydrogen (secondary N) is 2. The molecule has 3 heterocycles. The summed E-state index contributed by atoms with van der Waals surface area (Å²) in [4.78, 5) is 13.4. The first-order valence-corrected chi connectivity index (χ1v) is 8.77. The Balaban J connectivity index is 1.63. The summed E-state index contributed by atoms with van der Waals surface area (Å²) < 4.78 is 6.40. The van der Waals surface area contributed by atoms with Crippen molar-refractivity contribution >= 4 is 46.0 Å². The molecule has 4 nitrogen and oxygen atoms in total. The zero-order valence-electron chi connectivity index (χ0n) is 11.4. The lowest BCUT2D eigenvalue weighted by Crippen LogP contribution is -2.41. The number of urea groups is 1. The Labute approximate surface area is 136 Å². The van der Waals surface area contributed by atoms with Crippen molar-refractivity contribution in [3.63, 3.8) is 0 Å². The number of halogens is 1. The van der Waals surface area contributed by atoms with Crippen molar-refractivity contribution in [3.8, 4) is 0 Å². The standard InChI is InChI=1S/C14H15ClN2O2S2/c1-8(12-9-3-6-20-11(9)2-5-19-12)16-14(18)17-10-4-7-21-13(10)15/h3-4,6-8,12H,2,5H2,1H3,(H2,16,17,18)/t8-,12-/m0/s1. The van der Waals surface area contributed by atoms with E-state index in [1.807, 2.05) is 12.3 Å². The fourth-order valence-electron chi connectivity index (χ4n) is 2.41. The Hall–Kier alpha value is -1.08. The molecule has 3 rings (SSSR count). The van der Waals surface area contributed by atoms with Crippen molar-refractivity contribution in [1.29, 1.82) is 0 Å². The SMILES string of the molecule is C[C@H](NC(=O)Nc1ccsc1Cl)[C@@H]1OCCc2sccc21. The van der Waals surface area contributed by atoms with Gasteiger partial charge < -0.3 is 15.4 Å². The van der Waals surface area contributed by atoms with Gasteiger partial charge in [-0.2, -0.15) is 0 Å². The molecule has 1 aliphatic heterocycles. The number of thiophene rings is 2. The lowest BCUT2D eigenvalue weighted by atomic mass is 10.0. The smallest absolute Gasteiger partial charge is 0.319 e. The lowest BCUT2D eigenvalue weighted by Gasteiger charge is -2.29. The van der Waals surface area contributed by atoms with E-state index in [9.17, 15) is 4.79 Å². The van der Waals surface area contributed by atoms with Gasteiger partial charge in [0.15, 0.2) is 0 Å². The lowest BCUT2D eigenvalue weighted by molar-refractivity contribution is 0.0238. The van der Waals surface area contributed by atoms with Crippen LogP contribution in [0.1, 0.15) is 23.5 Å². The summed E-state index contributed by atoms with van der Waals surface area (Å²) in [6.07, 6.45) is 0.858. The van der Waals surface area contributed by atoms with Crippen LogP contribution in [0.15, 0.2) is 22.9 Å². The van der Waals surface area contributed by atoms with E-state index < -0.39 is 0 Å². The molecule has 0 aliphatic carbocycles. The molecule has 2 N–H and O–H groups in total. The highest BCUT2D eigenvalue weighted by atomic mass is 35.5. The third-order valence-electron chi connectivity index (χ3n) is 3.39. The number of amides is 2. The number of ether oxygens (including phenoxy) is 1. The van der Waals surface area contributed by atoms with Gasteiger partial charge in [-0.1, -0.05) is 11.6 Å². The molecule has 0 saturated carbocycles. The number of anilines is 1. The first kappa shape index (κ1) is 14.8. The molecule has 112 valence electrons. The van der Waals surface area contributed by atoms with Gasteiger partial charge in [0.25, 0.3) is 0 Å². The second-order valence-electron chi connectivity index (χ2n) is 4.84. The van der Waals surface area contributed by atoms with Crippen LogP contribution in [0.4, 0.5) is 10.5 Å². The molecule has 7 heteroatoms. The summed E-state index contributed by atoms with van der Waals surface area (Å²) in [6.45, 7) is 2.65. The van der Waals surface area contributed by atoms with Crippen LogP contribution in [0.5, 0.6) is 0 Å². The van der Waals surface area contributed by atoms with Crippen molar-refractivity contribution < 1.29 is 9.53 Å². The molecule has 0 unspecified atom stereocenters. The quantitative estimate of drug-likeness (QED) is 0.874. The van der Waals surface area contributed by atoms with Gasteiger partial charge in [-0.25, -0.2) is 4.79 Å². The Bertz CT molecular complexity index is 640. The van der Waals surface area contributed by atoms with Crippen LogP contribution in [0.3, 0.4) is 0 Å². The summed E-state index contributed by atoms with van der Waals surface area (Å²) in [6, 6.07) is 3.48. The number of hydrogen-bond acceptors (Lipinski definition) is 4. The second kappa shape index (κ2) is 6.36. The molecule has 0 fully saturated rings. The molecule has 1 aliphatic rings. The van der Waals surface area contributed by atoms with E-state index in [-0.39, 0.29) is 18.2 Å². The van der Waals surface area contributed by atoms with Gasteiger partial charge in [0.05, 0.1) is 18.3 Å². The third-order valence-corrected chi connectivity index (χ3v) is 5.56. The van der Waals surface area contributed by atoms with E-state index in [1.165, 1.54) is 21.8 Å². The van der Waals surface area contributed by atoms with Crippen LogP contribution in [0.2, 0.25) is 4.34 Å². The van der Waals surface area contributed by atoms with Gasteiger partial charge in [0, 0.05) is 11.3 Å². The summed E-state index contributed by atoms with van der Waals surface area (Å²) in [5.74, 6) is 0. The average molecular weight is 343 g/mol. The fourth-order valence-corrected chi connectivity index (χ4v) is 4.15. The van der Waals surface area contributed by atoms with Gasteiger partial charge in [0.2, 0.25) is 0 Å². The van der Waals surface area contributed by atoms with E-state index in [2.05, 4.69) is 22.1 Å². The number of fused-ring (bicyclic) bond motifs is 1. The van der Waals surface area contributed by atoms with Crippen LogP contribution >= 0.6 is 34.3 Å². The average Bonchev–Trinajstić information content (AvgIpc) is 3.07. The molecular weight excluding hydrogens is 328 g/mol. The second-order valence-corrected chi connectivity index (χ2v) is 7.35. The normalized spacial score (nSPS) is 18.9. The summed E-state index contributed by atoms with van der Waals surface area (Å²) in [5, 5.41) is 9.59. The minimum absolute atomic E-state index is 0.0938. The molecule has 2 aromatic rings. The van der Waals surface area contributed by atoms with Gasteiger partial charge in [-0.3, -0.25) is 0 Å². The summed E-state index contributed by atoms with van der Waals surface area (Å²) in [5.41, 5.74) is 1.82. The zero-order chi connectivity index (χ0) is 14.8. The van der Waals surface area contributed by atoms with E-state index in [4.69, 9.17) is 16.3 Å². The zero-order valence-corrected chi connectivity index (χ0v) is 13.8. The van der Waals surface area contributed by atoms with Crippen LogP contribution in [-0.4, -0.2) is 18.7 Å². The highest BCUT2D eigenvalue weighted by Crippen LogP contribution is 2.33. The Morgan fingerprint density at radius 2 is 2.24 bits per heavy atom. The number of carbonyl (C=O) groups is 1. The van der Waals surface area contributed by atoms with Crippen LogP contribution in [0.25, 0.3) is 0 Å². The highest BCUT2D eigenvalue weighted by Gasteiger charge is 2.28. The first-order chi connectivity index (χ1) is 10.1. The molecule has 2 amide bonds. The Kier molecular flexibility index (Phi) is 4.49. The summed E-state index contributed by atoms with van der Waals surface area (Å²) >= 11 is 9.11. The molecule has 2 atom stereocenters. The maximum atomic E-state index is 12.0. The molecule has 0 spiro atoms. The van der Waals surface area contributed by atoms with Gasteiger partial charge >= 0.3 is 6.03 Å². The van der Waals surface area contributed by atoms with Crippen LogP contribution in [-0.2, 0) is 11.2 Å². The van der Waals surface area contributed by atoms with Crippen molar-refractivity contribution in [2.24, 2.45) is 0 Å². The van der Waals surface area contributed by atoms with E-state index in [0.717, 1.165) is 6.42 Å². The molecule has 0 saturated heterocycles. The van der Waals surface area contributed by atoms with Gasteiger partial charge in [-0.15, -0.1) is 22.7 Å². The fraction of sp³-hybridized carbons (Fsp3) is 0.357. The molecule has 2 aromatic heterocycles. The molecule has 0 aromatic carbocycles. The molecule has 0 radical (unpaired) electrons. The third kappa shape index (κ3) is 3.23. The minimum atomic E-state index is -0.270. The van der Waals surface area contributed by atoms with E-state index in [1.54, 1.807) is 17.4 Å². The molecular formula is C14H15ClN2O2S2. The van der Waals surface area contributed by atoms with Crippen LogP contribution < -0.4 is 10.6 Å². The largest absolute Gasteiger partial charge is 0.371 e. The minimum Gasteiger partial charge on any atom is -0.371 e. The molecule has 21 heavy (non-hydrogen) atoms. The summed E-state index contributed by atoms with van der Waals surface area (Å²) in [7, 11) is 0. The van der Waals surface area contributed by atoms with Gasteiger partial charge in [-0.05, 0) is 35.4 Å². The van der Waals surface area contributed by atoms with E-state index in [0.29, 0.717) is 16.6 Å². The van der Waals surface area contributed by atoms with Crippen molar-refractivity contribution in [3.05, 3.63) is 37.7 Å². The Morgan fingerprint density at radius 1 is 1.43 bits per heavy atom. The monoisotopic (exact) mass is 342 g/mol. The van der Waals surface area contributed by atoms with Gasteiger partial charge in [0.1, 0.15) is 10.4 Å². The Morgan fingerprint density at radius 3 is 3.00 bits per heavy atom. The van der Waals surface area contributed by atoms with E-state index >= 15 is 0 Å². The number of hydrogen-bond donors (Lipinski definition) is 2. The first-order valence-electron chi connectivity index (χ1n) is 6.63. The highest BCUT2D eigenvalue weighted by molar-refractivity contribution is 7.15. The van der Waals surface area contributed by atoms with Crippen molar-refractivity contribution in [1.82, 2.24) is 5.32 Å². The maximum Gasteiger partial charge on any atom is 0.319 e. The van der Waals surface area contributed by atoms with Crippen molar-refractivity contribution in [2.45, 2.75) is 25.5 Å². The predicted octanol–water partition coefficient (Wildman–Crippen LogP) is 4.29. The topological polar surface area (TPSA) is 50.4 Å². The van der Waals surface area contributed by atoms with Crippen molar-refractivity contribution in [2.75, 3.05) is 11.9 Å². The predicted molar refractivity (Wildman–Crippen MR) is 87.7 cm³/mol.